The first-order valence-electron chi connectivity index (χ1n) is 4.14. The Morgan fingerprint density at radius 1 is 1.38 bits per heavy atom. The number of halogens is 1. The summed E-state index contributed by atoms with van der Waals surface area (Å²) in [6.07, 6.45) is 4.55. The second kappa shape index (κ2) is 4.39. The van der Waals surface area contributed by atoms with Crippen molar-refractivity contribution in [3.8, 4) is 0 Å². The number of hydrogen-bond donors (Lipinski definition) is 1. The van der Waals surface area contributed by atoms with Crippen LogP contribution in [0.3, 0.4) is 0 Å². The van der Waals surface area contributed by atoms with Crippen molar-refractivity contribution >= 4 is 18.4 Å². The van der Waals surface area contributed by atoms with Gasteiger partial charge in [-0.05, 0) is 12.5 Å². The van der Waals surface area contributed by atoms with Gasteiger partial charge in [0, 0.05) is 31.5 Å². The zero-order chi connectivity index (χ0) is 8.39. The minimum absolute atomic E-state index is 0. The summed E-state index contributed by atoms with van der Waals surface area (Å²) in [5.74, 6) is 0.797. The Kier molecular flexibility index (Phi) is 3.45. The molecule has 0 amide bonds. The first-order valence-corrected chi connectivity index (χ1v) is 4.14. The summed E-state index contributed by atoms with van der Waals surface area (Å²) < 4.78 is 0. The molecule has 2 N–H and O–H groups in total. The molecule has 1 aliphatic heterocycles. The van der Waals surface area contributed by atoms with Crippen LogP contribution in [0.2, 0.25) is 0 Å². The van der Waals surface area contributed by atoms with E-state index in [1.807, 2.05) is 6.07 Å². The number of nitrogens with two attached hydrogens (primary N) is 1. The fraction of sp³-hybridized carbons (Fsp3) is 0.500. The normalized spacial score (nSPS) is 21.3. The Labute approximate surface area is 83.6 Å². The highest BCUT2D eigenvalue weighted by Gasteiger charge is 2.20. The molecule has 1 saturated heterocycles. The van der Waals surface area contributed by atoms with Crippen LogP contribution in [0, 0.1) is 0 Å². The number of nitrogens with zero attached hydrogens (tertiary/aromatic N) is 3. The van der Waals surface area contributed by atoms with Gasteiger partial charge in [-0.3, -0.25) is 0 Å². The molecule has 0 radical (unpaired) electrons. The predicted molar refractivity (Wildman–Crippen MR) is 54.1 cm³/mol. The monoisotopic (exact) mass is 200 g/mol. The summed E-state index contributed by atoms with van der Waals surface area (Å²) >= 11 is 0. The van der Waals surface area contributed by atoms with Gasteiger partial charge in [-0.1, -0.05) is 0 Å². The molecule has 4 nitrogen and oxygen atoms in total. The van der Waals surface area contributed by atoms with Crippen LogP contribution in [-0.2, 0) is 0 Å². The minimum atomic E-state index is 0. The van der Waals surface area contributed by atoms with Gasteiger partial charge in [0.2, 0.25) is 5.95 Å². The van der Waals surface area contributed by atoms with E-state index >= 15 is 0 Å². The van der Waals surface area contributed by atoms with Crippen molar-refractivity contribution in [2.75, 3.05) is 18.0 Å². The van der Waals surface area contributed by atoms with Crippen LogP contribution in [-0.4, -0.2) is 29.1 Å². The average molecular weight is 201 g/mol. The Morgan fingerprint density at radius 3 is 2.62 bits per heavy atom. The van der Waals surface area contributed by atoms with Crippen molar-refractivity contribution in [2.24, 2.45) is 5.73 Å². The maximum absolute atomic E-state index is 5.77. The van der Waals surface area contributed by atoms with Crippen LogP contribution in [0.25, 0.3) is 0 Å². The number of aromatic nitrogens is 2. The first-order chi connectivity index (χ1) is 5.86. The molecular formula is C8H13ClN4. The summed E-state index contributed by atoms with van der Waals surface area (Å²) in [4.78, 5) is 10.4. The Balaban J connectivity index is 0.000000845. The molecule has 0 aliphatic carbocycles. The molecule has 72 valence electrons. The molecule has 1 atom stereocenters. The fourth-order valence-electron chi connectivity index (χ4n) is 1.42. The number of rotatable bonds is 1. The summed E-state index contributed by atoms with van der Waals surface area (Å²) in [7, 11) is 0. The third-order valence-electron chi connectivity index (χ3n) is 2.06. The highest BCUT2D eigenvalue weighted by atomic mass is 35.5. The van der Waals surface area contributed by atoms with Gasteiger partial charge in [0.25, 0.3) is 0 Å². The van der Waals surface area contributed by atoms with Gasteiger partial charge in [-0.15, -0.1) is 12.4 Å². The maximum Gasteiger partial charge on any atom is 0.225 e. The van der Waals surface area contributed by atoms with E-state index in [9.17, 15) is 0 Å². The first kappa shape index (κ1) is 10.2. The zero-order valence-electron chi connectivity index (χ0n) is 7.26. The van der Waals surface area contributed by atoms with E-state index in [0.717, 1.165) is 25.5 Å². The van der Waals surface area contributed by atoms with Gasteiger partial charge in [0.05, 0.1) is 0 Å². The molecule has 1 aromatic rings. The highest BCUT2D eigenvalue weighted by Crippen LogP contribution is 2.12. The van der Waals surface area contributed by atoms with Gasteiger partial charge in [-0.25, -0.2) is 9.97 Å². The molecule has 2 rings (SSSR count). The molecule has 0 spiro atoms. The van der Waals surface area contributed by atoms with Crippen LogP contribution >= 0.6 is 12.4 Å². The quantitative estimate of drug-likeness (QED) is 0.715. The van der Waals surface area contributed by atoms with E-state index in [1.54, 1.807) is 12.4 Å². The second-order valence-corrected chi connectivity index (χ2v) is 3.04. The van der Waals surface area contributed by atoms with E-state index in [0.29, 0.717) is 0 Å². The molecule has 0 unspecified atom stereocenters. The van der Waals surface area contributed by atoms with Crippen LogP contribution in [0.4, 0.5) is 5.95 Å². The Hall–Kier alpha value is -0.870. The summed E-state index contributed by atoms with van der Waals surface area (Å²) in [5.41, 5.74) is 5.77. The third kappa shape index (κ3) is 2.29. The zero-order valence-corrected chi connectivity index (χ0v) is 8.07. The van der Waals surface area contributed by atoms with Crippen LogP contribution in [0.1, 0.15) is 6.42 Å². The van der Waals surface area contributed by atoms with Crippen molar-refractivity contribution in [1.29, 1.82) is 0 Å². The van der Waals surface area contributed by atoms with E-state index in [2.05, 4.69) is 14.9 Å². The third-order valence-corrected chi connectivity index (χ3v) is 2.06. The van der Waals surface area contributed by atoms with Gasteiger partial charge >= 0.3 is 0 Å². The van der Waals surface area contributed by atoms with E-state index in [1.165, 1.54) is 0 Å². The lowest BCUT2D eigenvalue weighted by atomic mass is 10.3. The molecular weight excluding hydrogens is 188 g/mol. The Morgan fingerprint density at radius 2 is 2.08 bits per heavy atom. The lowest BCUT2D eigenvalue weighted by Gasteiger charge is -2.14. The molecule has 13 heavy (non-hydrogen) atoms. The summed E-state index contributed by atoms with van der Waals surface area (Å²) in [6, 6.07) is 2.10. The molecule has 1 fully saturated rings. The van der Waals surface area contributed by atoms with Crippen molar-refractivity contribution in [1.82, 2.24) is 9.97 Å². The highest BCUT2D eigenvalue weighted by molar-refractivity contribution is 5.85. The summed E-state index contributed by atoms with van der Waals surface area (Å²) in [6.45, 7) is 1.86. The maximum atomic E-state index is 5.77. The van der Waals surface area contributed by atoms with Crippen molar-refractivity contribution in [3.63, 3.8) is 0 Å². The molecule has 1 aliphatic rings. The van der Waals surface area contributed by atoms with E-state index in [4.69, 9.17) is 5.73 Å². The van der Waals surface area contributed by atoms with Gasteiger partial charge in [-0.2, -0.15) is 0 Å². The predicted octanol–water partition coefficient (Wildman–Crippen LogP) is 0.436. The topological polar surface area (TPSA) is 55.0 Å². The second-order valence-electron chi connectivity index (χ2n) is 3.04. The smallest absolute Gasteiger partial charge is 0.225 e. The Bertz CT molecular complexity index is 254. The average Bonchev–Trinajstić information content (AvgIpc) is 2.54. The van der Waals surface area contributed by atoms with Gasteiger partial charge in [0.1, 0.15) is 0 Å². The SMILES string of the molecule is Cl.N[C@H]1CCN(c2ncccn2)C1. The van der Waals surface area contributed by atoms with Crippen molar-refractivity contribution in [2.45, 2.75) is 12.5 Å². The van der Waals surface area contributed by atoms with Crippen molar-refractivity contribution < 1.29 is 0 Å². The summed E-state index contributed by atoms with van der Waals surface area (Å²) in [5, 5.41) is 0. The lowest BCUT2D eigenvalue weighted by Crippen LogP contribution is -2.27. The largest absolute Gasteiger partial charge is 0.339 e. The van der Waals surface area contributed by atoms with Crippen molar-refractivity contribution in [3.05, 3.63) is 18.5 Å². The number of anilines is 1. The molecule has 1 aromatic heterocycles. The molecule has 5 heteroatoms. The fourth-order valence-corrected chi connectivity index (χ4v) is 1.42. The minimum Gasteiger partial charge on any atom is -0.339 e. The van der Waals surface area contributed by atoms with Crippen LogP contribution in [0.5, 0.6) is 0 Å². The number of hydrogen-bond acceptors (Lipinski definition) is 4. The molecule has 2 heterocycles. The van der Waals surface area contributed by atoms with Crippen LogP contribution in [0.15, 0.2) is 18.5 Å². The lowest BCUT2D eigenvalue weighted by molar-refractivity contribution is 0.750. The molecule has 0 saturated carbocycles. The van der Waals surface area contributed by atoms with E-state index < -0.39 is 0 Å². The van der Waals surface area contributed by atoms with Gasteiger partial charge < -0.3 is 10.6 Å². The van der Waals surface area contributed by atoms with E-state index in [-0.39, 0.29) is 18.4 Å². The van der Waals surface area contributed by atoms with Gasteiger partial charge in [0.15, 0.2) is 0 Å². The standard InChI is InChI=1S/C8H12N4.ClH/c9-7-2-5-12(6-7)8-10-3-1-4-11-8;/h1,3-4,7H,2,5-6,9H2;1H/t7-;/m0./s1. The van der Waals surface area contributed by atoms with Crippen LogP contribution < -0.4 is 10.6 Å². The molecule has 0 aromatic carbocycles. The molecule has 0 bridgehead atoms.